The van der Waals surface area contributed by atoms with Crippen molar-refractivity contribution in [2.24, 2.45) is 5.92 Å². The molecule has 290 valence electrons. The number of anilines is 3. The maximum Gasteiger partial charge on any atom is 0.326 e. The van der Waals surface area contributed by atoms with E-state index in [0.29, 0.717) is 37.5 Å². The van der Waals surface area contributed by atoms with Gasteiger partial charge in [-0.1, -0.05) is 121 Å². The number of rotatable bonds is 25. The van der Waals surface area contributed by atoms with Gasteiger partial charge in [-0.15, -0.1) is 6.58 Å². The highest BCUT2D eigenvalue weighted by atomic mass is 16.5. The van der Waals surface area contributed by atoms with E-state index < -0.39 is 22.9 Å². The van der Waals surface area contributed by atoms with Crippen LogP contribution in [0.1, 0.15) is 116 Å². The molecule has 0 radical (unpaired) electrons. The lowest BCUT2D eigenvalue weighted by Gasteiger charge is -2.29. The van der Waals surface area contributed by atoms with Crippen LogP contribution in [0.25, 0.3) is 0 Å². The molecule has 0 aliphatic carbocycles. The second-order valence-electron chi connectivity index (χ2n) is 13.5. The van der Waals surface area contributed by atoms with Gasteiger partial charge in [0.25, 0.3) is 10.9 Å². The summed E-state index contributed by atoms with van der Waals surface area (Å²) in [6, 6.07) is 15.6. The van der Waals surface area contributed by atoms with Gasteiger partial charge >= 0.3 is 11.9 Å². The van der Waals surface area contributed by atoms with E-state index in [0.717, 1.165) is 75.3 Å². The quantitative estimate of drug-likeness (QED) is 0.0339. The predicted octanol–water partition coefficient (Wildman–Crippen LogP) is 8.43. The third kappa shape index (κ3) is 16.2. The Morgan fingerprint density at radius 3 is 1.96 bits per heavy atom. The van der Waals surface area contributed by atoms with Crippen LogP contribution in [0.5, 0.6) is 0 Å². The van der Waals surface area contributed by atoms with Crippen LogP contribution in [0.3, 0.4) is 0 Å². The second kappa shape index (κ2) is 25.3. The van der Waals surface area contributed by atoms with E-state index in [1.54, 1.807) is 30.3 Å². The minimum atomic E-state index is -1.10. The van der Waals surface area contributed by atoms with Crippen LogP contribution in [-0.4, -0.2) is 42.1 Å². The molecule has 0 fully saturated rings. The van der Waals surface area contributed by atoms with Crippen LogP contribution in [-0.2, 0) is 32.1 Å². The zero-order valence-electron chi connectivity index (χ0n) is 32.3. The summed E-state index contributed by atoms with van der Waals surface area (Å²) in [7, 11) is 0. The molecule has 0 aliphatic rings. The molecule has 0 saturated carbocycles. The molecule has 53 heavy (non-hydrogen) atoms. The van der Waals surface area contributed by atoms with Crippen molar-refractivity contribution >= 4 is 34.9 Å². The molecule has 10 heteroatoms. The highest BCUT2D eigenvalue weighted by Crippen LogP contribution is 2.24. The van der Waals surface area contributed by atoms with Crippen molar-refractivity contribution in [3.05, 3.63) is 98.8 Å². The normalized spacial score (nSPS) is 11.8. The third-order valence-electron chi connectivity index (χ3n) is 9.04. The van der Waals surface area contributed by atoms with Crippen molar-refractivity contribution in [1.82, 2.24) is 0 Å². The van der Waals surface area contributed by atoms with Gasteiger partial charge in [0, 0.05) is 38.0 Å². The summed E-state index contributed by atoms with van der Waals surface area (Å²) in [5.74, 6) is -1.55. The van der Waals surface area contributed by atoms with Crippen LogP contribution < -0.4 is 26.4 Å². The Hall–Kier alpha value is -4.73. The molecule has 0 spiro atoms. The number of carbonyl (C=O) groups is 3. The average molecular weight is 732 g/mol. The minimum Gasteiger partial charge on any atom is -0.480 e. The zero-order chi connectivity index (χ0) is 39.0. The van der Waals surface area contributed by atoms with E-state index in [4.69, 9.17) is 4.74 Å². The Balaban J connectivity index is 0.000000751. The average Bonchev–Trinajstić information content (AvgIpc) is 3.15. The smallest absolute Gasteiger partial charge is 0.326 e. The van der Waals surface area contributed by atoms with Gasteiger partial charge in [0.2, 0.25) is 5.91 Å². The van der Waals surface area contributed by atoms with Crippen molar-refractivity contribution < 1.29 is 24.2 Å². The third-order valence-corrected chi connectivity index (χ3v) is 9.04. The SMILES string of the molecule is C=CCC(CCC)C(=O)Nc1ccc(CC(Nc2c(N(CCCCCC)CCCCCCC)c(=O)c2=O)C(=O)O)cc1.CC(=O)OCc1ccccc1. The topological polar surface area (TPSA) is 142 Å². The highest BCUT2D eigenvalue weighted by Gasteiger charge is 2.30. The van der Waals surface area contributed by atoms with Crippen LogP contribution in [0.2, 0.25) is 0 Å². The Labute approximate surface area is 315 Å². The summed E-state index contributed by atoms with van der Waals surface area (Å²) in [4.78, 5) is 62.6. The lowest BCUT2D eigenvalue weighted by Crippen LogP contribution is -2.46. The molecule has 10 nitrogen and oxygen atoms in total. The molecule has 1 amide bonds. The highest BCUT2D eigenvalue weighted by molar-refractivity contribution is 5.92. The van der Waals surface area contributed by atoms with Gasteiger partial charge in [-0.3, -0.25) is 19.2 Å². The molecule has 0 saturated heterocycles. The molecule has 3 N–H and O–H groups in total. The number of carbonyl (C=O) groups excluding carboxylic acids is 2. The second-order valence-corrected chi connectivity index (χ2v) is 13.5. The van der Waals surface area contributed by atoms with Gasteiger partial charge in [-0.25, -0.2) is 4.79 Å². The van der Waals surface area contributed by atoms with Crippen molar-refractivity contribution in [3.8, 4) is 0 Å². The van der Waals surface area contributed by atoms with Crippen molar-refractivity contribution in [1.29, 1.82) is 0 Å². The Kier molecular flexibility index (Phi) is 21.2. The lowest BCUT2D eigenvalue weighted by molar-refractivity contribution is -0.142. The van der Waals surface area contributed by atoms with Gasteiger partial charge < -0.3 is 25.4 Å². The monoisotopic (exact) mass is 731 g/mol. The Morgan fingerprint density at radius 2 is 1.42 bits per heavy atom. The van der Waals surface area contributed by atoms with Gasteiger partial charge in [-0.05, 0) is 48.9 Å². The maximum absolute atomic E-state index is 12.7. The van der Waals surface area contributed by atoms with E-state index in [1.165, 1.54) is 13.3 Å². The molecular weight excluding hydrogens is 670 g/mol. The van der Waals surface area contributed by atoms with Crippen LogP contribution in [0.4, 0.5) is 17.1 Å². The minimum absolute atomic E-state index is 0.0631. The fourth-order valence-electron chi connectivity index (χ4n) is 6.03. The van der Waals surface area contributed by atoms with E-state index in [9.17, 15) is 29.1 Å². The first-order chi connectivity index (χ1) is 25.6. The van der Waals surface area contributed by atoms with E-state index in [2.05, 4.69) is 31.1 Å². The number of nitrogens with zero attached hydrogens (tertiary/aromatic N) is 1. The van der Waals surface area contributed by atoms with Crippen LogP contribution in [0, 0.1) is 5.92 Å². The van der Waals surface area contributed by atoms with Gasteiger partial charge in [0.1, 0.15) is 24.0 Å². The number of benzene rings is 2. The fourth-order valence-corrected chi connectivity index (χ4v) is 6.03. The predicted molar refractivity (Wildman–Crippen MR) is 215 cm³/mol. The maximum atomic E-state index is 12.7. The molecule has 2 atom stereocenters. The molecule has 3 aromatic carbocycles. The standard InChI is InChI=1S/C34H51N3O5.C9H10O2/c1-5-9-11-13-15-23-37(22-14-12-10-6-2)30-29(31(38)32(30)39)36-28(34(41)42)24-25-18-20-27(21-19-25)35-33(40)26(16-7-3)17-8-4;1-8(10)11-7-9-5-3-2-4-6-9/h7,18-21,26,28,36H,3,5-6,8-17,22-24H2,1-2,4H3,(H,35,40)(H,41,42);2-6H,7H2,1H3. The van der Waals surface area contributed by atoms with Gasteiger partial charge in [-0.2, -0.15) is 0 Å². The molecule has 0 bridgehead atoms. The number of aliphatic carboxylic acids is 1. The fraction of sp³-hybridized carbons (Fsp3) is 0.512. The van der Waals surface area contributed by atoms with Crippen LogP contribution in [0.15, 0.2) is 76.8 Å². The van der Waals surface area contributed by atoms with E-state index in [1.807, 2.05) is 42.2 Å². The Morgan fingerprint density at radius 1 is 0.811 bits per heavy atom. The largest absolute Gasteiger partial charge is 0.480 e. The number of ether oxygens (including phenoxy) is 1. The first-order valence-electron chi connectivity index (χ1n) is 19.3. The molecule has 2 unspecified atom stereocenters. The number of hydrogen-bond acceptors (Lipinski definition) is 8. The lowest BCUT2D eigenvalue weighted by atomic mass is 9.98. The molecule has 0 aliphatic heterocycles. The van der Waals surface area contributed by atoms with Gasteiger partial charge in [0.05, 0.1) is 0 Å². The number of nitrogens with one attached hydrogen (secondary N) is 2. The molecule has 0 heterocycles. The zero-order valence-corrected chi connectivity index (χ0v) is 32.3. The summed E-state index contributed by atoms with van der Waals surface area (Å²) in [5, 5.41) is 15.8. The number of amides is 1. The number of carboxylic acid groups (broad SMARTS) is 1. The number of esters is 1. The number of unbranched alkanes of at least 4 members (excludes halogenated alkanes) is 7. The number of allylic oxidation sites excluding steroid dienone is 1. The summed E-state index contributed by atoms with van der Waals surface area (Å²) in [6.07, 6.45) is 13.8. The van der Waals surface area contributed by atoms with Crippen LogP contribution >= 0.6 is 0 Å². The molecule has 3 aromatic rings. The van der Waals surface area contributed by atoms with Crippen molar-refractivity contribution in [2.75, 3.05) is 28.6 Å². The first kappa shape index (κ1) is 44.4. The van der Waals surface area contributed by atoms with Crippen molar-refractivity contribution in [3.63, 3.8) is 0 Å². The molecule has 3 rings (SSSR count). The Bertz CT molecular complexity index is 1600. The van der Waals surface area contributed by atoms with E-state index >= 15 is 0 Å². The number of carboxylic acids is 1. The summed E-state index contributed by atoms with van der Waals surface area (Å²) in [6.45, 7) is 13.2. The molecular formula is C43H61N3O7. The first-order valence-corrected chi connectivity index (χ1v) is 19.3. The summed E-state index contributed by atoms with van der Waals surface area (Å²) >= 11 is 0. The van der Waals surface area contributed by atoms with E-state index in [-0.39, 0.29) is 29.9 Å². The summed E-state index contributed by atoms with van der Waals surface area (Å²) < 4.78 is 4.79. The summed E-state index contributed by atoms with van der Waals surface area (Å²) in [5.41, 5.74) is 1.64. The number of hydrogen-bond donors (Lipinski definition) is 3. The van der Waals surface area contributed by atoms with Gasteiger partial charge in [0.15, 0.2) is 0 Å². The molecule has 0 aromatic heterocycles. The van der Waals surface area contributed by atoms with Crippen molar-refractivity contribution in [2.45, 2.75) is 124 Å².